The molecule has 0 bridgehead atoms. The van der Waals surface area contributed by atoms with Crippen molar-refractivity contribution >= 4 is 28.2 Å². The van der Waals surface area contributed by atoms with E-state index < -0.39 is 17.7 Å². The summed E-state index contributed by atoms with van der Waals surface area (Å²) in [6.45, 7) is 3.48. The number of carboxylic acids is 1. The molecule has 2 rings (SSSR count). The van der Waals surface area contributed by atoms with Crippen molar-refractivity contribution in [1.29, 1.82) is 0 Å². The Morgan fingerprint density at radius 2 is 1.90 bits per heavy atom. The first-order valence-electron chi connectivity index (χ1n) is 5.79. The molecule has 0 radical (unpaired) electrons. The summed E-state index contributed by atoms with van der Waals surface area (Å²) >= 11 is 1.14. The van der Waals surface area contributed by atoms with Gasteiger partial charge in [-0.25, -0.2) is 9.18 Å². The van der Waals surface area contributed by atoms with Crippen LogP contribution in [0.4, 0.5) is 9.39 Å². The maximum absolute atomic E-state index is 13.6. The van der Waals surface area contributed by atoms with E-state index in [1.807, 2.05) is 0 Å². The lowest BCUT2D eigenvalue weighted by Gasteiger charge is -2.06. The number of aryl methyl sites for hydroxylation is 2. The van der Waals surface area contributed by atoms with E-state index in [9.17, 15) is 14.0 Å². The molecule has 4 nitrogen and oxygen atoms in total. The first-order valence-corrected chi connectivity index (χ1v) is 6.61. The first-order chi connectivity index (χ1) is 9.38. The summed E-state index contributed by atoms with van der Waals surface area (Å²) in [5.74, 6) is -2.43. The number of carbonyl (C=O) groups is 2. The van der Waals surface area contributed by atoms with Crippen LogP contribution in [-0.2, 0) is 0 Å². The molecule has 6 heteroatoms. The summed E-state index contributed by atoms with van der Waals surface area (Å²) in [5, 5.41) is 11.7. The normalized spacial score (nSPS) is 10.3. The van der Waals surface area contributed by atoms with E-state index in [2.05, 4.69) is 5.32 Å². The van der Waals surface area contributed by atoms with Gasteiger partial charge in [0.1, 0.15) is 10.8 Å². The minimum absolute atomic E-state index is 0.00825. The number of hydrogen-bond acceptors (Lipinski definition) is 3. The second-order valence-electron chi connectivity index (χ2n) is 4.34. The van der Waals surface area contributed by atoms with Crippen molar-refractivity contribution in [1.82, 2.24) is 0 Å². The zero-order valence-electron chi connectivity index (χ0n) is 10.9. The van der Waals surface area contributed by atoms with E-state index in [0.29, 0.717) is 0 Å². The van der Waals surface area contributed by atoms with Gasteiger partial charge in [-0.15, -0.1) is 11.3 Å². The molecule has 2 N–H and O–H groups in total. The molecule has 1 aromatic carbocycles. The van der Waals surface area contributed by atoms with Crippen LogP contribution < -0.4 is 5.32 Å². The summed E-state index contributed by atoms with van der Waals surface area (Å²) in [5.41, 5.74) is 0.652. The van der Waals surface area contributed by atoms with Crippen LogP contribution >= 0.6 is 11.3 Å². The zero-order chi connectivity index (χ0) is 14.9. The van der Waals surface area contributed by atoms with Gasteiger partial charge in [-0.2, -0.15) is 0 Å². The average Bonchev–Trinajstić information content (AvgIpc) is 2.73. The lowest BCUT2D eigenvalue weighted by Crippen LogP contribution is -2.15. The smallest absolute Gasteiger partial charge is 0.338 e. The van der Waals surface area contributed by atoms with Crippen molar-refractivity contribution in [2.75, 3.05) is 5.32 Å². The van der Waals surface area contributed by atoms with Crippen molar-refractivity contribution in [3.8, 4) is 0 Å². The Hall–Kier alpha value is -2.21. The molecule has 0 saturated carbocycles. The van der Waals surface area contributed by atoms with Gasteiger partial charge < -0.3 is 10.4 Å². The number of carbonyl (C=O) groups excluding carboxylic acids is 1. The Morgan fingerprint density at radius 3 is 2.55 bits per heavy atom. The summed E-state index contributed by atoms with van der Waals surface area (Å²) in [6.07, 6.45) is 0. The number of benzene rings is 1. The number of anilines is 1. The molecule has 0 aliphatic rings. The second-order valence-corrected chi connectivity index (χ2v) is 5.60. The summed E-state index contributed by atoms with van der Waals surface area (Å²) in [4.78, 5) is 23.8. The number of halogens is 1. The van der Waals surface area contributed by atoms with Gasteiger partial charge in [0.05, 0.1) is 11.1 Å². The SMILES string of the molecule is Cc1ccc(F)c(C(=O)Nc2sc(C)cc2C(=O)O)c1. The van der Waals surface area contributed by atoms with Crippen molar-refractivity contribution in [2.24, 2.45) is 0 Å². The molecule has 2 aromatic rings. The van der Waals surface area contributed by atoms with Gasteiger partial charge in [0, 0.05) is 4.88 Å². The third-order valence-corrected chi connectivity index (χ3v) is 3.65. The van der Waals surface area contributed by atoms with Crippen LogP contribution in [0.5, 0.6) is 0 Å². The van der Waals surface area contributed by atoms with Crippen LogP contribution in [0.15, 0.2) is 24.3 Å². The van der Waals surface area contributed by atoms with E-state index in [-0.39, 0.29) is 16.1 Å². The standard InChI is InChI=1S/C14H12FNO3S/c1-7-3-4-11(15)9(5-7)12(17)16-13-10(14(18)19)6-8(2)20-13/h3-6H,1-2H3,(H,16,17)(H,18,19). The molecule has 1 aromatic heterocycles. The lowest BCUT2D eigenvalue weighted by atomic mass is 10.1. The topological polar surface area (TPSA) is 66.4 Å². The molecule has 0 unspecified atom stereocenters. The predicted molar refractivity (Wildman–Crippen MR) is 75.1 cm³/mol. The van der Waals surface area contributed by atoms with Crippen molar-refractivity contribution in [3.05, 3.63) is 51.7 Å². The summed E-state index contributed by atoms with van der Waals surface area (Å²) < 4.78 is 13.6. The number of nitrogens with one attached hydrogen (secondary N) is 1. The highest BCUT2D eigenvalue weighted by Crippen LogP contribution is 2.28. The number of amides is 1. The van der Waals surface area contributed by atoms with Crippen LogP contribution in [0.1, 0.15) is 31.2 Å². The van der Waals surface area contributed by atoms with Crippen LogP contribution in [-0.4, -0.2) is 17.0 Å². The predicted octanol–water partition coefficient (Wildman–Crippen LogP) is 3.45. The number of rotatable bonds is 3. The third-order valence-electron chi connectivity index (χ3n) is 2.68. The van der Waals surface area contributed by atoms with E-state index in [0.717, 1.165) is 21.8 Å². The van der Waals surface area contributed by atoms with Gasteiger partial charge >= 0.3 is 5.97 Å². The van der Waals surface area contributed by atoms with Gasteiger partial charge in [0.15, 0.2) is 0 Å². The van der Waals surface area contributed by atoms with Gasteiger partial charge in [-0.05, 0) is 32.0 Å². The molecule has 1 heterocycles. The quantitative estimate of drug-likeness (QED) is 0.910. The molecule has 0 saturated heterocycles. The summed E-state index contributed by atoms with van der Waals surface area (Å²) in [6, 6.07) is 5.66. The molecule has 0 atom stereocenters. The van der Waals surface area contributed by atoms with Crippen LogP contribution in [0.3, 0.4) is 0 Å². The van der Waals surface area contributed by atoms with Crippen LogP contribution in [0, 0.1) is 19.7 Å². The van der Waals surface area contributed by atoms with Gasteiger partial charge in [-0.1, -0.05) is 11.6 Å². The average molecular weight is 293 g/mol. The highest BCUT2D eigenvalue weighted by molar-refractivity contribution is 7.16. The maximum Gasteiger partial charge on any atom is 0.338 e. The monoisotopic (exact) mass is 293 g/mol. The molecule has 20 heavy (non-hydrogen) atoms. The van der Waals surface area contributed by atoms with E-state index >= 15 is 0 Å². The minimum atomic E-state index is -1.13. The molecule has 0 fully saturated rings. The molecule has 1 amide bonds. The Kier molecular flexibility index (Phi) is 3.85. The first kappa shape index (κ1) is 14.2. The Labute approximate surface area is 118 Å². The Morgan fingerprint density at radius 1 is 1.20 bits per heavy atom. The second kappa shape index (κ2) is 5.42. The van der Waals surface area contributed by atoms with Crippen LogP contribution in [0.25, 0.3) is 0 Å². The molecule has 0 aliphatic carbocycles. The van der Waals surface area contributed by atoms with E-state index in [1.165, 1.54) is 18.2 Å². The fraction of sp³-hybridized carbons (Fsp3) is 0.143. The number of hydrogen-bond donors (Lipinski definition) is 2. The van der Waals surface area contributed by atoms with Gasteiger partial charge in [0.25, 0.3) is 5.91 Å². The number of thiophene rings is 1. The van der Waals surface area contributed by atoms with Crippen molar-refractivity contribution in [2.45, 2.75) is 13.8 Å². The molecule has 104 valence electrons. The molecule has 0 spiro atoms. The Balaban J connectivity index is 2.32. The number of aromatic carboxylic acids is 1. The van der Waals surface area contributed by atoms with Gasteiger partial charge in [0.2, 0.25) is 0 Å². The largest absolute Gasteiger partial charge is 0.478 e. The zero-order valence-corrected chi connectivity index (χ0v) is 11.7. The highest BCUT2D eigenvalue weighted by Gasteiger charge is 2.18. The minimum Gasteiger partial charge on any atom is -0.478 e. The lowest BCUT2D eigenvalue weighted by molar-refractivity contribution is 0.0698. The highest BCUT2D eigenvalue weighted by atomic mass is 32.1. The van der Waals surface area contributed by atoms with Crippen molar-refractivity contribution in [3.63, 3.8) is 0 Å². The molecular weight excluding hydrogens is 281 g/mol. The van der Waals surface area contributed by atoms with Crippen LogP contribution in [0.2, 0.25) is 0 Å². The summed E-state index contributed by atoms with van der Waals surface area (Å²) in [7, 11) is 0. The number of carboxylic acid groups (broad SMARTS) is 1. The van der Waals surface area contributed by atoms with Gasteiger partial charge in [-0.3, -0.25) is 4.79 Å². The fourth-order valence-electron chi connectivity index (χ4n) is 1.75. The fourth-order valence-corrected chi connectivity index (χ4v) is 2.65. The van der Waals surface area contributed by atoms with Crippen molar-refractivity contribution < 1.29 is 19.1 Å². The Bertz CT molecular complexity index is 694. The van der Waals surface area contributed by atoms with E-state index in [1.54, 1.807) is 19.9 Å². The third kappa shape index (κ3) is 2.85. The van der Waals surface area contributed by atoms with E-state index in [4.69, 9.17) is 5.11 Å². The maximum atomic E-state index is 13.6. The molecular formula is C14H12FNO3S. The molecule has 0 aliphatic heterocycles.